The summed E-state index contributed by atoms with van der Waals surface area (Å²) < 4.78 is 5.06. The minimum absolute atomic E-state index is 0.969. The van der Waals surface area contributed by atoms with Crippen LogP contribution < -0.4 is 0 Å². The third-order valence-corrected chi connectivity index (χ3v) is 12.5. The van der Waals surface area contributed by atoms with E-state index in [2.05, 4.69) is 187 Å². The number of thiophene rings is 1. The number of hydrogen-bond acceptors (Lipinski definition) is 2. The van der Waals surface area contributed by atoms with Crippen molar-refractivity contribution in [3.05, 3.63) is 182 Å². The van der Waals surface area contributed by atoms with Crippen molar-refractivity contribution >= 4 is 64.1 Å². The molecule has 0 bridgehead atoms. The molecule has 0 unspecified atom stereocenters. The fourth-order valence-electron chi connectivity index (χ4n) is 9.01. The Morgan fingerprint density at radius 1 is 0.389 bits per heavy atom. The van der Waals surface area contributed by atoms with E-state index in [1.807, 2.05) is 11.3 Å². The topological polar surface area (TPSA) is 17.8 Å². The third-order valence-electron chi connectivity index (χ3n) is 11.3. The van der Waals surface area contributed by atoms with Crippen LogP contribution in [0, 0.1) is 0 Å². The Hall–Kier alpha value is -6.81. The molecule has 8 aromatic carbocycles. The van der Waals surface area contributed by atoms with Crippen LogP contribution in [0.15, 0.2) is 182 Å². The first-order valence-electron chi connectivity index (χ1n) is 18.5. The molecule has 0 N–H and O–H groups in total. The highest BCUT2D eigenvalue weighted by Gasteiger charge is 2.26. The predicted octanol–water partition coefficient (Wildman–Crippen LogP) is 14.3. The zero-order chi connectivity index (χ0) is 35.3. The van der Waals surface area contributed by atoms with Crippen molar-refractivity contribution in [3.8, 4) is 61.6 Å². The largest absolute Gasteiger partial charge is 0.308 e. The fraction of sp³-hybridized carbons (Fsp3) is 0. The maximum Gasteiger partial charge on any atom is 0.0722 e. The lowest BCUT2D eigenvalue weighted by molar-refractivity contribution is 1.20. The number of pyridine rings is 1. The van der Waals surface area contributed by atoms with Crippen molar-refractivity contribution in [3.63, 3.8) is 0 Å². The Morgan fingerprint density at radius 2 is 1.04 bits per heavy atom. The van der Waals surface area contributed by atoms with Gasteiger partial charge < -0.3 is 4.57 Å². The lowest BCUT2D eigenvalue weighted by Gasteiger charge is -2.16. The molecule has 0 atom stereocenters. The van der Waals surface area contributed by atoms with Crippen LogP contribution in [0.25, 0.3) is 114 Å². The van der Waals surface area contributed by atoms with Crippen LogP contribution in [0.3, 0.4) is 0 Å². The molecule has 0 amide bonds. The summed E-state index contributed by atoms with van der Waals surface area (Å²) in [6, 6.07) is 66.4. The van der Waals surface area contributed by atoms with Gasteiger partial charge in [-0.05, 0) is 86.6 Å². The summed E-state index contributed by atoms with van der Waals surface area (Å²) in [5, 5.41) is 7.75. The van der Waals surface area contributed by atoms with Gasteiger partial charge in [-0.3, -0.25) is 0 Å². The molecule has 54 heavy (non-hydrogen) atoms. The normalized spacial score (nSPS) is 12.1. The first kappa shape index (κ1) is 29.7. The Balaban J connectivity index is 1.19. The maximum atomic E-state index is 5.41. The zero-order valence-electron chi connectivity index (χ0n) is 29.1. The van der Waals surface area contributed by atoms with Gasteiger partial charge in [0.15, 0.2) is 0 Å². The number of rotatable bonds is 4. The molecule has 0 saturated carbocycles. The van der Waals surface area contributed by atoms with Crippen LogP contribution in [0.1, 0.15) is 0 Å². The molecular formula is C51H30N2S. The molecule has 3 heterocycles. The van der Waals surface area contributed by atoms with Crippen molar-refractivity contribution in [2.45, 2.75) is 0 Å². The highest BCUT2D eigenvalue weighted by atomic mass is 32.1. The molecule has 250 valence electrons. The summed E-state index contributed by atoms with van der Waals surface area (Å²) in [7, 11) is 0. The van der Waals surface area contributed by atoms with Gasteiger partial charge in [-0.1, -0.05) is 140 Å². The summed E-state index contributed by atoms with van der Waals surface area (Å²) in [5.41, 5.74) is 15.3. The number of benzene rings is 8. The van der Waals surface area contributed by atoms with Crippen LogP contribution in [-0.2, 0) is 0 Å². The SMILES string of the molecule is c1ccc(-c2cc(-c3ccccc3)nc(-c3ccc(-n4c5cccc6c5c5c7c(cccc7ccc54)-c4ccccc4-6)c4sc5ccccc5c34)c2)cc1. The van der Waals surface area contributed by atoms with Gasteiger partial charge in [-0.2, -0.15) is 0 Å². The van der Waals surface area contributed by atoms with Crippen LogP contribution in [0.2, 0.25) is 0 Å². The number of fused-ring (bicyclic) bond motifs is 6. The summed E-state index contributed by atoms with van der Waals surface area (Å²) in [5.74, 6) is 0. The van der Waals surface area contributed by atoms with Gasteiger partial charge in [0.1, 0.15) is 0 Å². The highest BCUT2D eigenvalue weighted by Crippen LogP contribution is 2.51. The zero-order valence-corrected chi connectivity index (χ0v) is 29.9. The average Bonchev–Trinajstić information content (AvgIpc) is 3.76. The molecule has 3 aromatic heterocycles. The van der Waals surface area contributed by atoms with Gasteiger partial charge in [0.05, 0.1) is 32.8 Å². The molecule has 11 aromatic rings. The minimum Gasteiger partial charge on any atom is -0.308 e. The molecule has 0 radical (unpaired) electrons. The molecule has 0 saturated heterocycles. The summed E-state index contributed by atoms with van der Waals surface area (Å²) in [4.78, 5) is 5.41. The van der Waals surface area contributed by atoms with Crippen molar-refractivity contribution in [2.75, 3.05) is 0 Å². The average molecular weight is 703 g/mol. The molecule has 2 nitrogen and oxygen atoms in total. The third kappa shape index (κ3) is 4.19. The fourth-order valence-corrected chi connectivity index (χ4v) is 10.2. The van der Waals surface area contributed by atoms with Crippen molar-refractivity contribution in [1.29, 1.82) is 0 Å². The van der Waals surface area contributed by atoms with E-state index >= 15 is 0 Å². The number of hydrogen-bond donors (Lipinski definition) is 0. The minimum atomic E-state index is 0.969. The van der Waals surface area contributed by atoms with Gasteiger partial charge in [-0.15, -0.1) is 11.3 Å². The molecular weight excluding hydrogens is 673 g/mol. The summed E-state index contributed by atoms with van der Waals surface area (Å²) >= 11 is 1.88. The van der Waals surface area contributed by atoms with Crippen LogP contribution >= 0.6 is 11.3 Å². The van der Waals surface area contributed by atoms with Crippen LogP contribution in [0.4, 0.5) is 0 Å². The lowest BCUT2D eigenvalue weighted by atomic mass is 9.93. The van der Waals surface area contributed by atoms with Gasteiger partial charge in [0.25, 0.3) is 0 Å². The van der Waals surface area contributed by atoms with E-state index in [9.17, 15) is 0 Å². The van der Waals surface area contributed by atoms with Gasteiger partial charge in [-0.25, -0.2) is 4.98 Å². The molecule has 1 aliphatic rings. The quantitative estimate of drug-likeness (QED) is 0.179. The van der Waals surface area contributed by atoms with E-state index in [4.69, 9.17) is 4.98 Å². The Morgan fingerprint density at radius 3 is 1.85 bits per heavy atom. The van der Waals surface area contributed by atoms with E-state index in [1.165, 1.54) is 86.3 Å². The molecule has 0 spiro atoms. The van der Waals surface area contributed by atoms with Gasteiger partial charge in [0.2, 0.25) is 0 Å². The highest BCUT2D eigenvalue weighted by molar-refractivity contribution is 7.26. The molecule has 3 heteroatoms. The first-order valence-corrected chi connectivity index (χ1v) is 19.3. The second-order valence-electron chi connectivity index (χ2n) is 14.2. The van der Waals surface area contributed by atoms with Crippen molar-refractivity contribution < 1.29 is 0 Å². The maximum absolute atomic E-state index is 5.41. The van der Waals surface area contributed by atoms with Gasteiger partial charge >= 0.3 is 0 Å². The lowest BCUT2D eigenvalue weighted by Crippen LogP contribution is -1.97. The Kier molecular flexibility index (Phi) is 6.25. The van der Waals surface area contributed by atoms with Crippen molar-refractivity contribution in [2.24, 2.45) is 0 Å². The predicted molar refractivity (Wildman–Crippen MR) is 230 cm³/mol. The smallest absolute Gasteiger partial charge is 0.0722 e. The summed E-state index contributed by atoms with van der Waals surface area (Å²) in [6.07, 6.45) is 0. The second-order valence-corrected chi connectivity index (χ2v) is 15.3. The van der Waals surface area contributed by atoms with Crippen molar-refractivity contribution in [1.82, 2.24) is 9.55 Å². The molecule has 1 aliphatic carbocycles. The monoisotopic (exact) mass is 702 g/mol. The van der Waals surface area contributed by atoms with E-state index in [1.54, 1.807) is 0 Å². The molecule has 0 fully saturated rings. The van der Waals surface area contributed by atoms with Crippen LogP contribution in [-0.4, -0.2) is 9.55 Å². The van der Waals surface area contributed by atoms with Crippen LogP contribution in [0.5, 0.6) is 0 Å². The standard InChI is InChI=1S/C51H30N2S/c1-3-13-31(14-4-1)34-29-41(32-15-5-2-6-16-32)52-42(30-34)39-26-28-45(51-48(39)40-20-9-10-24-46(40)54-51)53-43-23-12-22-38-36-19-8-7-18-35(36)37-21-11-17-33-25-27-44(53)50(47(33)37)49(38)43/h1-30H. The Bertz CT molecular complexity index is 3260. The Labute approximate surface area is 315 Å². The van der Waals surface area contributed by atoms with Gasteiger partial charge in [0, 0.05) is 37.4 Å². The summed E-state index contributed by atoms with van der Waals surface area (Å²) in [6.45, 7) is 0. The number of aromatic nitrogens is 2. The van der Waals surface area contributed by atoms with E-state index in [0.717, 1.165) is 28.1 Å². The second kappa shape index (κ2) is 11.3. The number of nitrogens with zero attached hydrogens (tertiary/aromatic N) is 2. The van der Waals surface area contributed by atoms with E-state index in [0.29, 0.717) is 0 Å². The van der Waals surface area contributed by atoms with E-state index < -0.39 is 0 Å². The molecule has 0 aliphatic heterocycles. The van der Waals surface area contributed by atoms with E-state index in [-0.39, 0.29) is 0 Å². The molecule has 12 rings (SSSR count). The first-order chi connectivity index (χ1) is 26.8.